The van der Waals surface area contributed by atoms with Crippen LogP contribution in [0.4, 0.5) is 5.69 Å². The van der Waals surface area contributed by atoms with Crippen molar-refractivity contribution >= 4 is 17.3 Å². The highest BCUT2D eigenvalue weighted by Gasteiger charge is 2.16. The average molecular weight is 307 g/mol. The van der Waals surface area contributed by atoms with Crippen LogP contribution < -0.4 is 5.73 Å². The zero-order valence-corrected chi connectivity index (χ0v) is 13.7. The van der Waals surface area contributed by atoms with E-state index in [4.69, 9.17) is 17.3 Å². The normalized spacial score (nSPS) is 11.3. The summed E-state index contributed by atoms with van der Waals surface area (Å²) >= 11 is 6.39. The first kappa shape index (κ1) is 15.9. The lowest BCUT2D eigenvalue weighted by Gasteiger charge is -2.22. The molecule has 0 saturated carbocycles. The molecule has 1 aromatic carbocycles. The molecule has 0 aliphatic carbocycles. The number of benzene rings is 1. The second-order valence-corrected chi connectivity index (χ2v) is 5.54. The van der Waals surface area contributed by atoms with Gasteiger partial charge in [-0.15, -0.1) is 0 Å². The van der Waals surface area contributed by atoms with E-state index in [1.165, 1.54) is 0 Å². The number of nitrogens with two attached hydrogens (primary N) is 1. The Morgan fingerprint density at radius 1 is 1.24 bits per heavy atom. The van der Waals surface area contributed by atoms with Gasteiger partial charge in [-0.3, -0.25) is 9.58 Å². The number of rotatable bonds is 6. The van der Waals surface area contributed by atoms with E-state index in [2.05, 4.69) is 29.9 Å². The van der Waals surface area contributed by atoms with Gasteiger partial charge in [0.1, 0.15) is 0 Å². The lowest BCUT2D eigenvalue weighted by atomic mass is 10.1. The summed E-state index contributed by atoms with van der Waals surface area (Å²) in [7, 11) is 0. The van der Waals surface area contributed by atoms with Crippen LogP contribution in [-0.2, 0) is 19.6 Å². The zero-order chi connectivity index (χ0) is 15.4. The van der Waals surface area contributed by atoms with Crippen LogP contribution in [0.1, 0.15) is 30.8 Å². The molecule has 4 nitrogen and oxygen atoms in total. The largest absolute Gasteiger partial charge is 0.398 e. The SMILES string of the molecule is CCN(Cc1ccccc1N)Cc1c(Cl)c(C)nn1CC. The van der Waals surface area contributed by atoms with Gasteiger partial charge in [0.25, 0.3) is 0 Å². The standard InChI is InChI=1S/C16H23ClN4/c1-4-20(10-13-8-6-7-9-14(13)18)11-15-16(17)12(3)19-21(15)5-2/h6-9H,4-5,10-11,18H2,1-3H3. The average Bonchev–Trinajstić information content (AvgIpc) is 2.76. The number of halogens is 1. The molecule has 0 spiro atoms. The van der Waals surface area contributed by atoms with Gasteiger partial charge in [0.2, 0.25) is 0 Å². The number of aryl methyl sites for hydroxylation is 2. The fraction of sp³-hybridized carbons (Fsp3) is 0.438. The van der Waals surface area contributed by atoms with Gasteiger partial charge in [0, 0.05) is 25.3 Å². The minimum Gasteiger partial charge on any atom is -0.398 e. The summed E-state index contributed by atoms with van der Waals surface area (Å²) in [6.45, 7) is 9.52. The lowest BCUT2D eigenvalue weighted by Crippen LogP contribution is -2.24. The number of hydrogen-bond donors (Lipinski definition) is 1. The Kier molecular flexibility index (Phi) is 5.26. The van der Waals surface area contributed by atoms with Crippen LogP contribution in [0.5, 0.6) is 0 Å². The highest BCUT2D eigenvalue weighted by atomic mass is 35.5. The summed E-state index contributed by atoms with van der Waals surface area (Å²) in [6.07, 6.45) is 0. The van der Waals surface area contributed by atoms with E-state index in [0.29, 0.717) is 0 Å². The predicted molar refractivity (Wildman–Crippen MR) is 88.3 cm³/mol. The van der Waals surface area contributed by atoms with Crippen LogP contribution in [0.3, 0.4) is 0 Å². The second-order valence-electron chi connectivity index (χ2n) is 5.16. The van der Waals surface area contributed by atoms with Crippen LogP contribution in [0.25, 0.3) is 0 Å². The van der Waals surface area contributed by atoms with E-state index in [0.717, 1.165) is 53.8 Å². The minimum absolute atomic E-state index is 0.774. The van der Waals surface area contributed by atoms with E-state index in [1.807, 2.05) is 29.8 Å². The number of nitrogens with zero attached hydrogens (tertiary/aromatic N) is 3. The summed E-state index contributed by atoms with van der Waals surface area (Å²) in [4.78, 5) is 2.32. The molecule has 2 N–H and O–H groups in total. The van der Waals surface area contributed by atoms with Crippen molar-refractivity contribution in [3.63, 3.8) is 0 Å². The molecule has 114 valence electrons. The van der Waals surface area contributed by atoms with Crippen molar-refractivity contribution in [1.29, 1.82) is 0 Å². The molecule has 2 aromatic rings. The minimum atomic E-state index is 0.774. The Morgan fingerprint density at radius 3 is 2.57 bits per heavy atom. The van der Waals surface area contributed by atoms with E-state index < -0.39 is 0 Å². The number of nitrogen functional groups attached to an aromatic ring is 1. The van der Waals surface area contributed by atoms with Crippen LogP contribution >= 0.6 is 11.6 Å². The highest BCUT2D eigenvalue weighted by Crippen LogP contribution is 2.23. The zero-order valence-electron chi connectivity index (χ0n) is 12.9. The summed E-state index contributed by atoms with van der Waals surface area (Å²) in [6, 6.07) is 7.99. The molecule has 1 heterocycles. The molecule has 21 heavy (non-hydrogen) atoms. The van der Waals surface area contributed by atoms with Crippen molar-refractivity contribution in [1.82, 2.24) is 14.7 Å². The number of para-hydroxylation sites is 1. The van der Waals surface area contributed by atoms with Gasteiger partial charge in [-0.05, 0) is 32.0 Å². The maximum absolute atomic E-state index is 6.39. The molecule has 0 amide bonds. The first-order chi connectivity index (χ1) is 10.1. The van der Waals surface area contributed by atoms with Gasteiger partial charge in [-0.2, -0.15) is 5.10 Å². The van der Waals surface area contributed by atoms with E-state index in [-0.39, 0.29) is 0 Å². The van der Waals surface area contributed by atoms with Crippen LogP contribution in [0, 0.1) is 6.92 Å². The predicted octanol–water partition coefficient (Wildman–Crippen LogP) is 3.47. The van der Waals surface area contributed by atoms with Crippen molar-refractivity contribution in [2.75, 3.05) is 12.3 Å². The fourth-order valence-corrected chi connectivity index (χ4v) is 2.63. The van der Waals surface area contributed by atoms with Crippen LogP contribution in [-0.4, -0.2) is 21.2 Å². The lowest BCUT2D eigenvalue weighted by molar-refractivity contribution is 0.263. The van der Waals surface area contributed by atoms with Crippen LogP contribution in [0.2, 0.25) is 5.02 Å². The molecule has 2 rings (SSSR count). The number of aromatic nitrogens is 2. The number of hydrogen-bond acceptors (Lipinski definition) is 3. The molecule has 0 bridgehead atoms. The fourth-order valence-electron chi connectivity index (χ4n) is 2.43. The maximum atomic E-state index is 6.39. The van der Waals surface area contributed by atoms with Crippen molar-refractivity contribution in [3.05, 3.63) is 46.2 Å². The summed E-state index contributed by atoms with van der Waals surface area (Å²) < 4.78 is 1.98. The summed E-state index contributed by atoms with van der Waals surface area (Å²) in [5, 5.41) is 5.25. The first-order valence-corrected chi connectivity index (χ1v) is 7.72. The molecule has 0 aliphatic heterocycles. The van der Waals surface area contributed by atoms with E-state index >= 15 is 0 Å². The van der Waals surface area contributed by atoms with Gasteiger partial charge in [-0.25, -0.2) is 0 Å². The molecule has 0 radical (unpaired) electrons. The Morgan fingerprint density at radius 2 is 1.95 bits per heavy atom. The third-order valence-corrected chi connectivity index (χ3v) is 4.21. The Balaban J connectivity index is 2.18. The highest BCUT2D eigenvalue weighted by molar-refractivity contribution is 6.31. The van der Waals surface area contributed by atoms with E-state index in [1.54, 1.807) is 0 Å². The van der Waals surface area contributed by atoms with Gasteiger partial charge >= 0.3 is 0 Å². The molecule has 1 aromatic heterocycles. The maximum Gasteiger partial charge on any atom is 0.0860 e. The topological polar surface area (TPSA) is 47.1 Å². The molecular weight excluding hydrogens is 284 g/mol. The Hall–Kier alpha value is -1.52. The molecule has 0 unspecified atom stereocenters. The first-order valence-electron chi connectivity index (χ1n) is 7.34. The quantitative estimate of drug-likeness (QED) is 0.831. The van der Waals surface area contributed by atoms with Crippen molar-refractivity contribution in [2.45, 2.75) is 40.4 Å². The van der Waals surface area contributed by atoms with Gasteiger partial charge in [0.15, 0.2) is 0 Å². The molecule has 0 atom stereocenters. The molecule has 5 heteroatoms. The van der Waals surface area contributed by atoms with E-state index in [9.17, 15) is 0 Å². The van der Waals surface area contributed by atoms with Crippen LogP contribution in [0.15, 0.2) is 24.3 Å². The smallest absolute Gasteiger partial charge is 0.0860 e. The molecule has 0 saturated heterocycles. The van der Waals surface area contributed by atoms with Crippen molar-refractivity contribution < 1.29 is 0 Å². The molecule has 0 fully saturated rings. The van der Waals surface area contributed by atoms with Gasteiger partial charge in [-0.1, -0.05) is 36.7 Å². The Bertz CT molecular complexity index is 606. The Labute approximate surface area is 131 Å². The van der Waals surface area contributed by atoms with Gasteiger partial charge < -0.3 is 5.73 Å². The molecule has 0 aliphatic rings. The van der Waals surface area contributed by atoms with Crippen molar-refractivity contribution in [2.24, 2.45) is 0 Å². The third-order valence-electron chi connectivity index (χ3n) is 3.72. The summed E-state index contributed by atoms with van der Waals surface area (Å²) in [5.74, 6) is 0. The monoisotopic (exact) mass is 306 g/mol. The summed E-state index contributed by atoms with van der Waals surface area (Å²) in [5.41, 5.74) is 9.99. The number of anilines is 1. The van der Waals surface area contributed by atoms with Crippen molar-refractivity contribution in [3.8, 4) is 0 Å². The third kappa shape index (κ3) is 3.57. The van der Waals surface area contributed by atoms with Gasteiger partial charge in [0.05, 0.1) is 16.4 Å². The second kappa shape index (κ2) is 6.96. The molecular formula is C16H23ClN4.